The lowest BCUT2D eigenvalue weighted by Gasteiger charge is -2.05. The fourth-order valence-electron chi connectivity index (χ4n) is 1.11. The average Bonchev–Trinajstić information content (AvgIpc) is 2.41. The van der Waals surface area contributed by atoms with Gasteiger partial charge >= 0.3 is 6.18 Å². The molecule has 0 saturated carbocycles. The van der Waals surface area contributed by atoms with Crippen molar-refractivity contribution in [3.63, 3.8) is 0 Å². The lowest BCUT2D eigenvalue weighted by molar-refractivity contribution is -0.136. The average molecular weight is 313 g/mol. The van der Waals surface area contributed by atoms with Crippen LogP contribution in [-0.2, 0) is 6.18 Å². The molecule has 0 aromatic carbocycles. The van der Waals surface area contributed by atoms with Gasteiger partial charge in [0.15, 0.2) is 3.83 Å². The van der Waals surface area contributed by atoms with E-state index in [1.54, 1.807) is 0 Å². The molecule has 3 nitrogen and oxygen atoms in total. The summed E-state index contributed by atoms with van der Waals surface area (Å²) in [7, 11) is 0. The monoisotopic (exact) mass is 313 g/mol. The molecular weight excluding hydrogens is 310 g/mol. The van der Waals surface area contributed by atoms with Crippen LogP contribution in [0.1, 0.15) is 5.56 Å². The molecule has 0 saturated heterocycles. The van der Waals surface area contributed by atoms with E-state index in [-0.39, 0.29) is 5.52 Å². The van der Waals surface area contributed by atoms with Gasteiger partial charge in [0.1, 0.15) is 11.1 Å². The van der Waals surface area contributed by atoms with Gasteiger partial charge in [-0.1, -0.05) is 0 Å². The topological polar surface area (TPSA) is 41.6 Å². The van der Waals surface area contributed by atoms with Crippen LogP contribution in [0.25, 0.3) is 11.0 Å². The zero-order valence-corrected chi connectivity index (χ0v) is 8.72. The minimum absolute atomic E-state index is 0.0862. The zero-order valence-electron chi connectivity index (χ0n) is 6.56. The highest BCUT2D eigenvalue weighted by Crippen LogP contribution is 2.32. The van der Waals surface area contributed by atoms with Gasteiger partial charge in [0.05, 0.1) is 11.7 Å². The number of pyridine rings is 1. The van der Waals surface area contributed by atoms with E-state index in [1.165, 1.54) is 6.20 Å². The Morgan fingerprint density at radius 2 is 2.00 bits per heavy atom. The Morgan fingerprint density at radius 1 is 1.29 bits per heavy atom. The van der Waals surface area contributed by atoms with Gasteiger partial charge in [-0.2, -0.15) is 13.2 Å². The largest absolute Gasteiger partial charge is 0.420 e. The first-order valence-electron chi connectivity index (χ1n) is 3.55. The number of H-pyrrole nitrogens is 1. The molecule has 2 rings (SSSR count). The van der Waals surface area contributed by atoms with Gasteiger partial charge in [0.2, 0.25) is 0 Å². The van der Waals surface area contributed by atoms with Gasteiger partial charge in [0.25, 0.3) is 0 Å². The maximum absolute atomic E-state index is 12.4. The summed E-state index contributed by atoms with van der Waals surface area (Å²) in [6, 6.07) is 0. The first-order chi connectivity index (χ1) is 6.48. The van der Waals surface area contributed by atoms with E-state index in [4.69, 9.17) is 0 Å². The molecule has 2 aromatic rings. The molecule has 14 heavy (non-hydrogen) atoms. The molecule has 0 spiro atoms. The van der Waals surface area contributed by atoms with E-state index >= 15 is 0 Å². The lowest BCUT2D eigenvalue weighted by Crippen LogP contribution is -2.06. The Kier molecular flexibility index (Phi) is 2.13. The highest BCUT2D eigenvalue weighted by Gasteiger charge is 2.34. The first-order valence-corrected chi connectivity index (χ1v) is 4.63. The molecular formula is C7H3F3IN3. The third-order valence-corrected chi connectivity index (χ3v) is 2.18. The van der Waals surface area contributed by atoms with Crippen LogP contribution in [0.3, 0.4) is 0 Å². The second-order valence-corrected chi connectivity index (χ2v) is 3.63. The number of nitrogens with one attached hydrogen (secondary N) is 1. The van der Waals surface area contributed by atoms with Gasteiger partial charge in [-0.15, -0.1) is 0 Å². The normalized spacial score (nSPS) is 12.3. The number of hydrogen-bond donors (Lipinski definition) is 1. The third-order valence-electron chi connectivity index (χ3n) is 1.67. The first kappa shape index (κ1) is 9.69. The number of aromatic nitrogens is 3. The van der Waals surface area contributed by atoms with Crippen molar-refractivity contribution in [2.45, 2.75) is 6.18 Å². The van der Waals surface area contributed by atoms with Crippen molar-refractivity contribution in [1.82, 2.24) is 15.0 Å². The predicted molar refractivity (Wildman–Crippen MR) is 51.6 cm³/mol. The number of imidazole rings is 1. The summed E-state index contributed by atoms with van der Waals surface area (Å²) in [5, 5.41) is 0. The van der Waals surface area contributed by atoms with Gasteiger partial charge in [-0.3, -0.25) is 4.98 Å². The molecule has 0 radical (unpaired) electrons. The maximum Gasteiger partial charge on any atom is 0.420 e. The van der Waals surface area contributed by atoms with Crippen molar-refractivity contribution in [1.29, 1.82) is 0 Å². The van der Waals surface area contributed by atoms with E-state index in [9.17, 15) is 13.2 Å². The molecule has 2 heterocycles. The van der Waals surface area contributed by atoms with Crippen molar-refractivity contribution >= 4 is 33.6 Å². The Morgan fingerprint density at radius 3 is 2.64 bits per heavy atom. The summed E-state index contributed by atoms with van der Waals surface area (Å²) < 4.78 is 37.7. The fourth-order valence-corrected chi connectivity index (χ4v) is 1.64. The van der Waals surface area contributed by atoms with Crippen LogP contribution in [0, 0.1) is 3.83 Å². The van der Waals surface area contributed by atoms with E-state index < -0.39 is 11.7 Å². The Balaban J connectivity index is 2.77. The van der Waals surface area contributed by atoms with Crippen LogP contribution in [0.5, 0.6) is 0 Å². The Hall–Kier alpha value is -0.860. The molecule has 0 fully saturated rings. The van der Waals surface area contributed by atoms with Crippen molar-refractivity contribution in [3.05, 3.63) is 21.8 Å². The molecule has 0 amide bonds. The molecule has 0 unspecified atom stereocenters. The number of fused-ring (bicyclic) bond motifs is 1. The van der Waals surface area contributed by atoms with Crippen molar-refractivity contribution < 1.29 is 13.2 Å². The highest BCUT2D eigenvalue weighted by molar-refractivity contribution is 14.1. The van der Waals surface area contributed by atoms with E-state index in [0.29, 0.717) is 9.35 Å². The smallest absolute Gasteiger partial charge is 0.332 e. The highest BCUT2D eigenvalue weighted by atomic mass is 127. The van der Waals surface area contributed by atoms with Gasteiger partial charge in [-0.25, -0.2) is 4.98 Å². The molecule has 1 N–H and O–H groups in total. The van der Waals surface area contributed by atoms with Crippen LogP contribution >= 0.6 is 22.6 Å². The standard InChI is InChI=1S/C7H3F3IN3/c8-7(9,10)3-1-12-2-4-5(3)14-6(11)13-4/h1-2H,(H,13,14). The van der Waals surface area contributed by atoms with E-state index in [1.807, 2.05) is 22.6 Å². The third kappa shape index (κ3) is 1.56. The summed E-state index contributed by atoms with van der Waals surface area (Å²) in [5.41, 5.74) is -0.602. The Labute approximate surface area is 89.9 Å². The fraction of sp³-hybridized carbons (Fsp3) is 0.143. The number of hydrogen-bond acceptors (Lipinski definition) is 2. The summed E-state index contributed by atoms with van der Waals surface area (Å²) >= 11 is 1.82. The van der Waals surface area contributed by atoms with E-state index in [0.717, 1.165) is 6.20 Å². The quantitative estimate of drug-likeness (QED) is 0.760. The molecule has 2 aromatic heterocycles. The minimum Gasteiger partial charge on any atom is -0.332 e. The molecule has 74 valence electrons. The second kappa shape index (κ2) is 3.07. The second-order valence-electron chi connectivity index (χ2n) is 2.61. The summed E-state index contributed by atoms with van der Waals surface area (Å²) in [6.45, 7) is 0. The van der Waals surface area contributed by atoms with Crippen molar-refractivity contribution in [3.8, 4) is 0 Å². The summed E-state index contributed by atoms with van der Waals surface area (Å²) in [5.74, 6) is 0. The van der Waals surface area contributed by atoms with Crippen LogP contribution in [0.4, 0.5) is 13.2 Å². The maximum atomic E-state index is 12.4. The summed E-state index contributed by atoms with van der Waals surface area (Å²) in [4.78, 5) is 9.93. The van der Waals surface area contributed by atoms with Crippen molar-refractivity contribution in [2.75, 3.05) is 0 Å². The Bertz CT molecular complexity index is 476. The number of halogens is 4. The van der Waals surface area contributed by atoms with Crippen LogP contribution in [0.15, 0.2) is 12.4 Å². The lowest BCUT2D eigenvalue weighted by atomic mass is 10.2. The number of nitrogens with zero attached hydrogens (tertiary/aromatic N) is 2. The molecule has 0 aliphatic carbocycles. The molecule has 0 atom stereocenters. The van der Waals surface area contributed by atoms with Crippen LogP contribution in [-0.4, -0.2) is 15.0 Å². The number of alkyl halides is 3. The van der Waals surface area contributed by atoms with Crippen LogP contribution in [0.2, 0.25) is 0 Å². The number of rotatable bonds is 0. The van der Waals surface area contributed by atoms with Crippen molar-refractivity contribution in [2.24, 2.45) is 0 Å². The van der Waals surface area contributed by atoms with Crippen LogP contribution < -0.4 is 0 Å². The van der Waals surface area contributed by atoms with Gasteiger partial charge in [-0.05, 0) is 22.6 Å². The van der Waals surface area contributed by atoms with Gasteiger partial charge < -0.3 is 4.98 Å². The molecule has 0 aliphatic heterocycles. The zero-order chi connectivity index (χ0) is 10.3. The molecule has 7 heteroatoms. The summed E-state index contributed by atoms with van der Waals surface area (Å²) in [6.07, 6.45) is -2.32. The molecule has 0 bridgehead atoms. The molecule has 0 aliphatic rings. The van der Waals surface area contributed by atoms with E-state index in [2.05, 4.69) is 15.0 Å². The minimum atomic E-state index is -4.41. The predicted octanol–water partition coefficient (Wildman–Crippen LogP) is 2.58. The van der Waals surface area contributed by atoms with Gasteiger partial charge in [0, 0.05) is 6.20 Å². The SMILES string of the molecule is FC(F)(F)c1cncc2[nH]c(I)nc12. The number of aromatic amines is 1.